The highest BCUT2D eigenvalue weighted by Crippen LogP contribution is 2.29. The molecule has 1 atom stereocenters. The number of fused-ring (bicyclic) bond motifs is 1. The third-order valence-electron chi connectivity index (χ3n) is 3.19. The molecule has 0 saturated heterocycles. The summed E-state index contributed by atoms with van der Waals surface area (Å²) in [4.78, 5) is 35.3. The van der Waals surface area contributed by atoms with Gasteiger partial charge in [-0.05, 0) is 32.9 Å². The van der Waals surface area contributed by atoms with Crippen LogP contribution in [0.25, 0.3) is 0 Å². The molecule has 3 amide bonds. The monoisotopic (exact) mass is 349 g/mol. The van der Waals surface area contributed by atoms with Crippen molar-refractivity contribution in [2.24, 2.45) is 0 Å². The van der Waals surface area contributed by atoms with Crippen molar-refractivity contribution in [3.63, 3.8) is 0 Å². The molecule has 1 aromatic rings. The molecule has 0 unspecified atom stereocenters. The zero-order valence-corrected chi connectivity index (χ0v) is 14.5. The van der Waals surface area contributed by atoms with E-state index >= 15 is 0 Å². The molecule has 0 radical (unpaired) electrons. The van der Waals surface area contributed by atoms with Gasteiger partial charge in [-0.25, -0.2) is 4.79 Å². The highest BCUT2D eigenvalue weighted by atomic mass is 16.6. The van der Waals surface area contributed by atoms with Crippen molar-refractivity contribution in [2.75, 3.05) is 18.4 Å². The van der Waals surface area contributed by atoms with E-state index in [1.807, 2.05) is 0 Å². The molecule has 8 heteroatoms. The number of nitrogens with one attached hydrogen (secondary N) is 3. The van der Waals surface area contributed by atoms with Crippen LogP contribution in [-0.4, -0.2) is 42.7 Å². The van der Waals surface area contributed by atoms with Gasteiger partial charge in [-0.3, -0.25) is 9.59 Å². The summed E-state index contributed by atoms with van der Waals surface area (Å²) in [6.07, 6.45) is -1.53. The van der Waals surface area contributed by atoms with Crippen molar-refractivity contribution in [1.29, 1.82) is 0 Å². The first kappa shape index (κ1) is 18.6. The van der Waals surface area contributed by atoms with Crippen LogP contribution < -0.4 is 20.7 Å². The molecule has 0 spiro atoms. The lowest BCUT2D eigenvalue weighted by Crippen LogP contribution is -2.42. The molecule has 0 bridgehead atoms. The van der Waals surface area contributed by atoms with Crippen LogP contribution >= 0.6 is 0 Å². The lowest BCUT2D eigenvalue weighted by Gasteiger charge is -2.25. The fourth-order valence-corrected chi connectivity index (χ4v) is 2.15. The molecule has 0 fully saturated rings. The predicted molar refractivity (Wildman–Crippen MR) is 91.4 cm³/mol. The lowest BCUT2D eigenvalue weighted by atomic mass is 10.1. The van der Waals surface area contributed by atoms with Gasteiger partial charge in [0, 0.05) is 13.1 Å². The number of ether oxygens (including phenoxy) is 2. The summed E-state index contributed by atoms with van der Waals surface area (Å²) in [6, 6.07) is 7.03. The molecule has 8 nitrogen and oxygen atoms in total. The Bertz CT molecular complexity index is 654. The van der Waals surface area contributed by atoms with Crippen LogP contribution in [0.15, 0.2) is 24.3 Å². The number of para-hydroxylation sites is 2. The van der Waals surface area contributed by atoms with Gasteiger partial charge in [0.2, 0.25) is 5.91 Å². The Hall–Kier alpha value is -2.77. The quantitative estimate of drug-likeness (QED) is 0.697. The van der Waals surface area contributed by atoms with Crippen molar-refractivity contribution in [2.45, 2.75) is 38.9 Å². The second-order valence-electron chi connectivity index (χ2n) is 6.57. The average Bonchev–Trinajstić information content (AvgIpc) is 2.50. The Kier molecular flexibility index (Phi) is 5.84. The second kappa shape index (κ2) is 7.87. The number of carbonyl (C=O) groups is 3. The number of amides is 3. The highest BCUT2D eigenvalue weighted by Gasteiger charge is 2.29. The normalized spacial score (nSPS) is 16.1. The summed E-state index contributed by atoms with van der Waals surface area (Å²) in [5.41, 5.74) is 0.0145. The summed E-state index contributed by atoms with van der Waals surface area (Å²) in [7, 11) is 0. The van der Waals surface area contributed by atoms with E-state index in [0.717, 1.165) is 0 Å². The number of anilines is 1. The third-order valence-corrected chi connectivity index (χ3v) is 3.19. The second-order valence-corrected chi connectivity index (χ2v) is 6.57. The van der Waals surface area contributed by atoms with Gasteiger partial charge in [-0.1, -0.05) is 12.1 Å². The highest BCUT2D eigenvalue weighted by molar-refractivity contribution is 5.99. The number of alkyl carbamates (subject to hydrolysis) is 1. The Morgan fingerprint density at radius 2 is 1.88 bits per heavy atom. The molecule has 0 aromatic heterocycles. The Morgan fingerprint density at radius 3 is 2.60 bits per heavy atom. The smallest absolute Gasteiger partial charge is 0.407 e. The van der Waals surface area contributed by atoms with Crippen LogP contribution in [0, 0.1) is 0 Å². The number of hydrogen-bond donors (Lipinski definition) is 3. The van der Waals surface area contributed by atoms with Crippen molar-refractivity contribution in [3.05, 3.63) is 24.3 Å². The van der Waals surface area contributed by atoms with E-state index < -0.39 is 17.8 Å². The van der Waals surface area contributed by atoms with Gasteiger partial charge >= 0.3 is 6.09 Å². The fourth-order valence-electron chi connectivity index (χ4n) is 2.15. The summed E-state index contributed by atoms with van der Waals surface area (Å²) in [5.74, 6) is -0.169. The molecule has 1 aliphatic rings. The SMILES string of the molecule is CC(C)(C)OC(=O)NCCNC(=O)C[C@H]1Oc2ccccc2NC1=O. The molecule has 3 N–H and O–H groups in total. The van der Waals surface area contributed by atoms with Gasteiger partial charge in [0.25, 0.3) is 5.91 Å². The van der Waals surface area contributed by atoms with Crippen molar-refractivity contribution in [1.82, 2.24) is 10.6 Å². The Labute approximate surface area is 146 Å². The minimum Gasteiger partial charge on any atom is -0.478 e. The maximum absolute atomic E-state index is 12.0. The summed E-state index contributed by atoms with van der Waals surface area (Å²) < 4.78 is 10.6. The van der Waals surface area contributed by atoms with Crippen LogP contribution in [0.5, 0.6) is 5.75 Å². The fraction of sp³-hybridized carbons (Fsp3) is 0.471. The van der Waals surface area contributed by atoms with Crippen molar-refractivity contribution >= 4 is 23.6 Å². The molecule has 0 aliphatic carbocycles. The summed E-state index contributed by atoms with van der Waals surface area (Å²) in [6.45, 7) is 5.75. The van der Waals surface area contributed by atoms with Gasteiger partial charge in [-0.2, -0.15) is 0 Å². The maximum atomic E-state index is 12.0. The first-order valence-corrected chi connectivity index (χ1v) is 8.05. The first-order valence-electron chi connectivity index (χ1n) is 8.05. The van der Waals surface area contributed by atoms with E-state index in [1.54, 1.807) is 45.0 Å². The predicted octanol–water partition coefficient (Wildman–Crippen LogP) is 1.42. The molecule has 1 aliphatic heterocycles. The third kappa shape index (κ3) is 5.98. The molecule has 0 saturated carbocycles. The first-order chi connectivity index (χ1) is 11.7. The lowest BCUT2D eigenvalue weighted by molar-refractivity contribution is -0.130. The van der Waals surface area contributed by atoms with Crippen LogP contribution in [0.2, 0.25) is 0 Å². The van der Waals surface area contributed by atoms with Crippen LogP contribution in [0.1, 0.15) is 27.2 Å². The average molecular weight is 349 g/mol. The minimum atomic E-state index is -0.881. The zero-order valence-electron chi connectivity index (χ0n) is 14.5. The maximum Gasteiger partial charge on any atom is 0.407 e. The van der Waals surface area contributed by atoms with Crippen LogP contribution in [0.4, 0.5) is 10.5 Å². The molecular formula is C17H23N3O5. The summed E-state index contributed by atoms with van der Waals surface area (Å²) >= 11 is 0. The topological polar surface area (TPSA) is 106 Å². The molecule has 1 aromatic carbocycles. The van der Waals surface area contributed by atoms with E-state index in [2.05, 4.69) is 16.0 Å². The van der Waals surface area contributed by atoms with Gasteiger partial charge in [-0.15, -0.1) is 0 Å². The number of carbonyl (C=O) groups excluding carboxylic acids is 3. The van der Waals surface area contributed by atoms with Gasteiger partial charge in [0.05, 0.1) is 12.1 Å². The molecule has 25 heavy (non-hydrogen) atoms. The largest absolute Gasteiger partial charge is 0.478 e. The molecule has 1 heterocycles. The van der Waals surface area contributed by atoms with E-state index in [4.69, 9.17) is 9.47 Å². The molecular weight excluding hydrogens is 326 g/mol. The van der Waals surface area contributed by atoms with E-state index in [-0.39, 0.29) is 31.3 Å². The number of hydrogen-bond acceptors (Lipinski definition) is 5. The van der Waals surface area contributed by atoms with E-state index in [0.29, 0.717) is 11.4 Å². The number of rotatable bonds is 5. The van der Waals surface area contributed by atoms with E-state index in [9.17, 15) is 14.4 Å². The van der Waals surface area contributed by atoms with Crippen LogP contribution in [-0.2, 0) is 14.3 Å². The number of benzene rings is 1. The van der Waals surface area contributed by atoms with E-state index in [1.165, 1.54) is 0 Å². The van der Waals surface area contributed by atoms with Gasteiger partial charge < -0.3 is 25.4 Å². The Morgan fingerprint density at radius 1 is 1.20 bits per heavy atom. The zero-order chi connectivity index (χ0) is 18.4. The van der Waals surface area contributed by atoms with Crippen molar-refractivity contribution < 1.29 is 23.9 Å². The van der Waals surface area contributed by atoms with Crippen molar-refractivity contribution in [3.8, 4) is 5.75 Å². The van der Waals surface area contributed by atoms with Crippen LogP contribution in [0.3, 0.4) is 0 Å². The molecule has 136 valence electrons. The standard InChI is InChI=1S/C17H23N3O5/c1-17(2,3)25-16(23)19-9-8-18-14(21)10-13-15(22)20-11-6-4-5-7-12(11)24-13/h4-7,13H,8-10H2,1-3H3,(H,18,21)(H,19,23)(H,20,22)/t13-/m1/s1. The Balaban J connectivity index is 1.71. The van der Waals surface area contributed by atoms with Gasteiger partial charge in [0.1, 0.15) is 11.4 Å². The summed E-state index contributed by atoms with van der Waals surface area (Å²) in [5, 5.41) is 7.86. The molecule has 2 rings (SSSR count). The minimum absolute atomic E-state index is 0.105. The van der Waals surface area contributed by atoms with Gasteiger partial charge in [0.15, 0.2) is 6.10 Å².